The van der Waals surface area contributed by atoms with Gasteiger partial charge in [-0.25, -0.2) is 0 Å². The third-order valence-electron chi connectivity index (χ3n) is 2.69. The molecule has 2 nitrogen and oxygen atoms in total. The van der Waals surface area contributed by atoms with E-state index in [9.17, 15) is 13.2 Å². The van der Waals surface area contributed by atoms with Crippen LogP contribution in [0.2, 0.25) is 0 Å². The number of nitrogens with two attached hydrogens (primary N) is 1. The van der Waals surface area contributed by atoms with Crippen LogP contribution in [0.1, 0.15) is 24.4 Å². The van der Waals surface area contributed by atoms with E-state index in [1.54, 1.807) is 6.07 Å². The zero-order valence-electron chi connectivity index (χ0n) is 8.80. The molecule has 2 rings (SSSR count). The van der Waals surface area contributed by atoms with Gasteiger partial charge in [0.15, 0.2) is 0 Å². The van der Waals surface area contributed by atoms with E-state index in [0.717, 1.165) is 12.8 Å². The molecule has 2 N–H and O–H groups in total. The monoisotopic (exact) mass is 309 g/mol. The summed E-state index contributed by atoms with van der Waals surface area (Å²) in [7, 11) is 0. The molecule has 94 valence electrons. The summed E-state index contributed by atoms with van der Waals surface area (Å²) in [5.41, 5.74) is 6.32. The van der Waals surface area contributed by atoms with Gasteiger partial charge in [0.2, 0.25) is 0 Å². The fourth-order valence-electron chi connectivity index (χ4n) is 1.71. The van der Waals surface area contributed by atoms with Crippen molar-refractivity contribution in [1.29, 1.82) is 0 Å². The summed E-state index contributed by atoms with van der Waals surface area (Å²) in [4.78, 5) is 0. The molecule has 0 aliphatic heterocycles. The summed E-state index contributed by atoms with van der Waals surface area (Å²) in [6, 6.07) is 3.98. The summed E-state index contributed by atoms with van der Waals surface area (Å²) in [6.45, 7) is 0. The number of hydrogen-bond donors (Lipinski definition) is 1. The van der Waals surface area contributed by atoms with Crippen LogP contribution in [0, 0.1) is 5.92 Å². The second-order valence-corrected chi connectivity index (χ2v) is 5.01. The fraction of sp³-hybridized carbons (Fsp3) is 0.455. The van der Waals surface area contributed by atoms with Gasteiger partial charge < -0.3 is 10.5 Å². The van der Waals surface area contributed by atoms with Crippen molar-refractivity contribution >= 4 is 15.9 Å². The molecule has 1 aliphatic carbocycles. The summed E-state index contributed by atoms with van der Waals surface area (Å²) >= 11 is 3.22. The Hall–Kier alpha value is -0.750. The normalized spacial score (nSPS) is 17.9. The van der Waals surface area contributed by atoms with Crippen LogP contribution in [0.15, 0.2) is 22.7 Å². The quantitative estimate of drug-likeness (QED) is 0.922. The first-order valence-corrected chi connectivity index (χ1v) is 5.97. The lowest BCUT2D eigenvalue weighted by Crippen LogP contribution is -2.21. The molecule has 1 atom stereocenters. The lowest BCUT2D eigenvalue weighted by molar-refractivity contribution is -0.275. The molecule has 6 heteroatoms. The Labute approximate surface area is 105 Å². The van der Waals surface area contributed by atoms with Crippen LogP contribution >= 0.6 is 15.9 Å². The van der Waals surface area contributed by atoms with E-state index in [1.807, 2.05) is 0 Å². The molecule has 0 unspecified atom stereocenters. The van der Waals surface area contributed by atoms with Crippen molar-refractivity contribution in [1.82, 2.24) is 0 Å². The van der Waals surface area contributed by atoms with Crippen LogP contribution < -0.4 is 10.5 Å². The average molecular weight is 310 g/mol. The van der Waals surface area contributed by atoms with Crippen molar-refractivity contribution in [3.05, 3.63) is 28.2 Å². The second-order valence-electron chi connectivity index (χ2n) is 4.09. The molecule has 0 radical (unpaired) electrons. The Morgan fingerprint density at radius 1 is 1.35 bits per heavy atom. The Kier molecular flexibility index (Phi) is 3.36. The van der Waals surface area contributed by atoms with Crippen molar-refractivity contribution in [2.24, 2.45) is 11.7 Å². The predicted octanol–water partition coefficient (Wildman–Crippen LogP) is 3.76. The molecule has 0 aromatic heterocycles. The molecule has 1 aliphatic rings. The molecule has 1 aromatic rings. The smallest absolute Gasteiger partial charge is 0.405 e. The summed E-state index contributed by atoms with van der Waals surface area (Å²) in [6.07, 6.45) is -2.77. The maximum atomic E-state index is 12.2. The number of rotatable bonds is 3. The lowest BCUT2D eigenvalue weighted by Gasteiger charge is -2.18. The first kappa shape index (κ1) is 12.7. The number of benzene rings is 1. The Balaban J connectivity index is 2.30. The fourth-order valence-corrected chi connectivity index (χ4v) is 2.09. The van der Waals surface area contributed by atoms with Gasteiger partial charge in [0, 0.05) is 16.1 Å². The van der Waals surface area contributed by atoms with E-state index in [1.165, 1.54) is 12.1 Å². The highest BCUT2D eigenvalue weighted by Crippen LogP contribution is 2.43. The van der Waals surface area contributed by atoms with Crippen LogP contribution in [-0.4, -0.2) is 6.36 Å². The van der Waals surface area contributed by atoms with Crippen molar-refractivity contribution in [3.63, 3.8) is 0 Å². The van der Waals surface area contributed by atoms with Crippen LogP contribution in [0.25, 0.3) is 0 Å². The van der Waals surface area contributed by atoms with E-state index in [0.29, 0.717) is 10.0 Å². The van der Waals surface area contributed by atoms with Gasteiger partial charge in [-0.1, -0.05) is 15.9 Å². The minimum Gasteiger partial charge on any atom is -0.405 e. The van der Waals surface area contributed by atoms with Gasteiger partial charge >= 0.3 is 6.36 Å². The van der Waals surface area contributed by atoms with E-state index >= 15 is 0 Å². The van der Waals surface area contributed by atoms with Crippen molar-refractivity contribution in [2.45, 2.75) is 25.2 Å². The highest BCUT2D eigenvalue weighted by molar-refractivity contribution is 9.10. The Bertz CT molecular complexity index is 418. The van der Waals surface area contributed by atoms with Crippen LogP contribution in [0.3, 0.4) is 0 Å². The van der Waals surface area contributed by atoms with Crippen molar-refractivity contribution in [3.8, 4) is 5.75 Å². The number of ether oxygens (including phenoxy) is 1. The molecular formula is C11H11BrF3NO. The van der Waals surface area contributed by atoms with Crippen LogP contribution in [0.4, 0.5) is 13.2 Å². The zero-order chi connectivity index (χ0) is 12.6. The third-order valence-corrected chi connectivity index (χ3v) is 3.18. The highest BCUT2D eigenvalue weighted by atomic mass is 79.9. The maximum Gasteiger partial charge on any atom is 0.573 e. The van der Waals surface area contributed by atoms with E-state index in [-0.39, 0.29) is 11.7 Å². The largest absolute Gasteiger partial charge is 0.573 e. The minimum absolute atomic E-state index is 0.208. The number of halogens is 4. The molecule has 0 bridgehead atoms. The first-order chi connectivity index (χ1) is 7.87. The molecule has 1 saturated carbocycles. The summed E-state index contributed by atoms with van der Waals surface area (Å²) in [5, 5.41) is 0. The SMILES string of the molecule is N[C@@H](c1cc(Br)ccc1OC(F)(F)F)C1CC1. The van der Waals surface area contributed by atoms with Gasteiger partial charge in [-0.05, 0) is 37.0 Å². The first-order valence-electron chi connectivity index (χ1n) is 5.17. The lowest BCUT2D eigenvalue weighted by atomic mass is 10.0. The zero-order valence-corrected chi connectivity index (χ0v) is 10.4. The second kappa shape index (κ2) is 4.49. The molecule has 17 heavy (non-hydrogen) atoms. The Morgan fingerprint density at radius 3 is 2.53 bits per heavy atom. The van der Waals surface area contributed by atoms with E-state index < -0.39 is 12.4 Å². The van der Waals surface area contributed by atoms with Gasteiger partial charge in [-0.15, -0.1) is 13.2 Å². The highest BCUT2D eigenvalue weighted by Gasteiger charge is 2.35. The molecule has 1 fully saturated rings. The van der Waals surface area contributed by atoms with Crippen LogP contribution in [-0.2, 0) is 0 Å². The molecule has 0 heterocycles. The standard InChI is InChI=1S/C11H11BrF3NO/c12-7-3-4-9(17-11(13,14)15)8(5-7)10(16)6-1-2-6/h3-6,10H,1-2,16H2/t10-/m1/s1. The molecular weight excluding hydrogens is 299 g/mol. The predicted molar refractivity (Wildman–Crippen MR) is 60.5 cm³/mol. The van der Waals surface area contributed by atoms with Crippen molar-refractivity contribution in [2.75, 3.05) is 0 Å². The third kappa shape index (κ3) is 3.35. The molecule has 0 saturated heterocycles. The van der Waals surface area contributed by atoms with Crippen molar-refractivity contribution < 1.29 is 17.9 Å². The number of alkyl halides is 3. The molecule has 1 aromatic carbocycles. The van der Waals surface area contributed by atoms with Gasteiger partial charge in [-0.2, -0.15) is 0 Å². The maximum absolute atomic E-state index is 12.2. The van der Waals surface area contributed by atoms with Gasteiger partial charge in [-0.3, -0.25) is 0 Å². The number of hydrogen-bond acceptors (Lipinski definition) is 2. The topological polar surface area (TPSA) is 35.2 Å². The van der Waals surface area contributed by atoms with Gasteiger partial charge in [0.05, 0.1) is 0 Å². The van der Waals surface area contributed by atoms with Gasteiger partial charge in [0.25, 0.3) is 0 Å². The Morgan fingerprint density at radius 2 is 2.00 bits per heavy atom. The summed E-state index contributed by atoms with van der Waals surface area (Å²) in [5.74, 6) is 0.0555. The molecule has 0 spiro atoms. The average Bonchev–Trinajstić information content (AvgIpc) is 3.01. The van der Waals surface area contributed by atoms with Crippen LogP contribution in [0.5, 0.6) is 5.75 Å². The van der Waals surface area contributed by atoms with E-state index in [4.69, 9.17) is 5.73 Å². The summed E-state index contributed by atoms with van der Waals surface area (Å²) < 4.78 is 41.4. The molecule has 0 amide bonds. The van der Waals surface area contributed by atoms with E-state index in [2.05, 4.69) is 20.7 Å². The van der Waals surface area contributed by atoms with Gasteiger partial charge in [0.1, 0.15) is 5.75 Å². The minimum atomic E-state index is -4.69.